The Kier molecular flexibility index (Phi) is 5.83. The summed E-state index contributed by atoms with van der Waals surface area (Å²) in [4.78, 5) is 33.7. The van der Waals surface area contributed by atoms with Crippen molar-refractivity contribution in [3.63, 3.8) is 0 Å². The van der Waals surface area contributed by atoms with Gasteiger partial charge in [0.05, 0.1) is 16.4 Å². The van der Waals surface area contributed by atoms with Crippen LogP contribution in [0, 0.1) is 0 Å². The predicted molar refractivity (Wildman–Crippen MR) is 183 cm³/mol. The van der Waals surface area contributed by atoms with Crippen molar-refractivity contribution in [3.8, 4) is 39.9 Å². The first-order valence-electron chi connectivity index (χ1n) is 15.0. The van der Waals surface area contributed by atoms with Crippen LogP contribution in [0.4, 0.5) is 0 Å². The molecular weight excluding hydrogens is 568 g/mol. The van der Waals surface area contributed by atoms with Crippen LogP contribution >= 0.6 is 0 Å². The molecule has 0 radical (unpaired) electrons. The molecule has 0 atom stereocenters. The maximum Gasteiger partial charge on any atom is 0.267 e. The van der Waals surface area contributed by atoms with Crippen LogP contribution in [0.15, 0.2) is 150 Å². The van der Waals surface area contributed by atoms with Gasteiger partial charge in [-0.2, -0.15) is 0 Å². The number of aromatic nitrogens is 6. The van der Waals surface area contributed by atoms with E-state index in [0.717, 1.165) is 44.3 Å². The fraction of sp³-hybridized carbons (Fsp3) is 0. The minimum absolute atomic E-state index is 0.108. The zero-order valence-corrected chi connectivity index (χ0v) is 24.4. The highest BCUT2D eigenvalue weighted by atomic mass is 16.1. The summed E-state index contributed by atoms with van der Waals surface area (Å²) in [6.45, 7) is 0. The first kappa shape index (κ1) is 26.0. The largest absolute Gasteiger partial charge is 0.295 e. The third kappa shape index (κ3) is 4.10. The van der Waals surface area contributed by atoms with E-state index in [1.807, 2.05) is 121 Å². The van der Waals surface area contributed by atoms with Crippen molar-refractivity contribution in [1.82, 2.24) is 28.9 Å². The fourth-order valence-electron chi connectivity index (χ4n) is 6.24. The SMILES string of the molecule is O=c1c2ccccc2nc2ccc3c4ccccc4n(-c4cccc(-c5nc(-c6ccccc6)nc(-c6ccccc6)n5)c4)c3n12. The van der Waals surface area contributed by atoms with E-state index in [1.54, 1.807) is 4.40 Å². The quantitative estimate of drug-likeness (QED) is 0.193. The summed E-state index contributed by atoms with van der Waals surface area (Å²) in [5, 5.41) is 2.58. The highest BCUT2D eigenvalue weighted by Crippen LogP contribution is 2.34. The molecule has 0 bridgehead atoms. The minimum atomic E-state index is -0.108. The van der Waals surface area contributed by atoms with E-state index in [2.05, 4.69) is 28.8 Å². The second-order valence-electron chi connectivity index (χ2n) is 11.1. The molecule has 46 heavy (non-hydrogen) atoms. The standard InChI is InChI=1S/C39H24N6O/c46-39-31-19-7-9-20-32(31)40-34-23-22-30-29-18-8-10-21-33(29)44(38(30)45(34)39)28-17-11-16-27(24-28)37-42-35(25-12-3-1-4-13-25)41-36(43-37)26-14-5-2-6-15-26/h1-24H. The van der Waals surface area contributed by atoms with Gasteiger partial charge < -0.3 is 0 Å². The Hall–Kier alpha value is -6.47. The smallest absolute Gasteiger partial charge is 0.267 e. The molecule has 9 aromatic rings. The van der Waals surface area contributed by atoms with E-state index in [9.17, 15) is 4.79 Å². The van der Waals surface area contributed by atoms with Crippen LogP contribution in [0.2, 0.25) is 0 Å². The summed E-state index contributed by atoms with van der Waals surface area (Å²) in [6, 6.07) is 47.7. The van der Waals surface area contributed by atoms with Crippen molar-refractivity contribution >= 4 is 38.5 Å². The average molecular weight is 593 g/mol. The first-order chi connectivity index (χ1) is 22.7. The van der Waals surface area contributed by atoms with Crippen molar-refractivity contribution in [2.24, 2.45) is 0 Å². The van der Waals surface area contributed by atoms with Gasteiger partial charge in [-0.25, -0.2) is 24.3 Å². The van der Waals surface area contributed by atoms with E-state index >= 15 is 0 Å². The molecule has 9 rings (SSSR count). The van der Waals surface area contributed by atoms with Crippen molar-refractivity contribution in [1.29, 1.82) is 0 Å². The molecular formula is C39H24N6O. The van der Waals surface area contributed by atoms with E-state index in [-0.39, 0.29) is 5.56 Å². The number of benzene rings is 5. The molecule has 0 amide bonds. The lowest BCUT2D eigenvalue weighted by atomic mass is 10.1. The topological polar surface area (TPSA) is 78.0 Å². The molecule has 0 saturated heterocycles. The van der Waals surface area contributed by atoms with Crippen LogP contribution in [0.5, 0.6) is 0 Å². The maximum atomic E-state index is 14.1. The summed E-state index contributed by atoms with van der Waals surface area (Å²) < 4.78 is 3.87. The van der Waals surface area contributed by atoms with Gasteiger partial charge in [0.15, 0.2) is 17.5 Å². The molecule has 0 unspecified atom stereocenters. The Morgan fingerprint density at radius 1 is 0.457 bits per heavy atom. The lowest BCUT2D eigenvalue weighted by Crippen LogP contribution is -2.17. The number of hydrogen-bond acceptors (Lipinski definition) is 5. The molecule has 7 nitrogen and oxygen atoms in total. The molecule has 0 aliphatic heterocycles. The van der Waals surface area contributed by atoms with Crippen LogP contribution in [-0.2, 0) is 0 Å². The lowest BCUT2D eigenvalue weighted by Gasteiger charge is -2.13. The van der Waals surface area contributed by atoms with Crippen molar-refractivity contribution in [2.75, 3.05) is 0 Å². The fourth-order valence-corrected chi connectivity index (χ4v) is 6.24. The molecule has 0 fully saturated rings. The molecule has 0 saturated carbocycles. The normalized spacial score (nSPS) is 11.6. The Balaban J connectivity index is 1.32. The average Bonchev–Trinajstić information content (AvgIpc) is 3.47. The Morgan fingerprint density at radius 3 is 1.76 bits per heavy atom. The zero-order chi connectivity index (χ0) is 30.6. The number of rotatable bonds is 4. The van der Waals surface area contributed by atoms with Gasteiger partial charge in [-0.3, -0.25) is 9.36 Å². The molecule has 5 aromatic carbocycles. The van der Waals surface area contributed by atoms with Gasteiger partial charge in [0.1, 0.15) is 11.3 Å². The summed E-state index contributed by atoms with van der Waals surface area (Å²) >= 11 is 0. The number of pyridine rings is 1. The van der Waals surface area contributed by atoms with Crippen molar-refractivity contribution in [3.05, 3.63) is 156 Å². The van der Waals surface area contributed by atoms with Crippen LogP contribution in [0.3, 0.4) is 0 Å². The van der Waals surface area contributed by atoms with Crippen LogP contribution in [0.1, 0.15) is 0 Å². The van der Waals surface area contributed by atoms with Gasteiger partial charge in [0.2, 0.25) is 0 Å². The van der Waals surface area contributed by atoms with Crippen molar-refractivity contribution in [2.45, 2.75) is 0 Å². The van der Waals surface area contributed by atoms with Gasteiger partial charge in [0, 0.05) is 33.2 Å². The van der Waals surface area contributed by atoms with Gasteiger partial charge in [-0.1, -0.05) is 103 Å². The first-order valence-corrected chi connectivity index (χ1v) is 15.0. The second kappa shape index (κ2) is 10.3. The lowest BCUT2D eigenvalue weighted by molar-refractivity contribution is 1.04. The molecule has 7 heteroatoms. The number of hydrogen-bond donors (Lipinski definition) is 0. The summed E-state index contributed by atoms with van der Waals surface area (Å²) in [5.41, 5.74) is 6.42. The molecule has 0 aliphatic carbocycles. The molecule has 0 aliphatic rings. The summed E-state index contributed by atoms with van der Waals surface area (Å²) in [7, 11) is 0. The molecule has 0 spiro atoms. The van der Waals surface area contributed by atoms with Crippen LogP contribution in [-0.4, -0.2) is 28.9 Å². The van der Waals surface area contributed by atoms with Gasteiger partial charge in [0.25, 0.3) is 5.56 Å². The predicted octanol–water partition coefficient (Wildman–Crippen LogP) is 8.13. The molecule has 4 heterocycles. The third-order valence-electron chi connectivity index (χ3n) is 8.36. The highest BCUT2D eigenvalue weighted by Gasteiger charge is 2.19. The molecule has 216 valence electrons. The summed E-state index contributed by atoms with van der Waals surface area (Å²) in [5.74, 6) is 1.76. The van der Waals surface area contributed by atoms with Crippen molar-refractivity contribution < 1.29 is 0 Å². The van der Waals surface area contributed by atoms with Crippen LogP contribution in [0.25, 0.3) is 78.3 Å². The molecule has 0 N–H and O–H groups in total. The minimum Gasteiger partial charge on any atom is -0.295 e. The zero-order valence-electron chi connectivity index (χ0n) is 24.4. The second-order valence-corrected chi connectivity index (χ2v) is 11.1. The maximum absolute atomic E-state index is 14.1. The number of fused-ring (bicyclic) bond motifs is 6. The van der Waals surface area contributed by atoms with E-state index < -0.39 is 0 Å². The van der Waals surface area contributed by atoms with Gasteiger partial charge in [-0.05, 0) is 42.5 Å². The van der Waals surface area contributed by atoms with Gasteiger partial charge in [-0.15, -0.1) is 0 Å². The number of nitrogens with zero attached hydrogens (tertiary/aromatic N) is 6. The Morgan fingerprint density at radius 2 is 1.04 bits per heavy atom. The Labute approximate surface area is 262 Å². The molecule has 4 aromatic heterocycles. The van der Waals surface area contributed by atoms with E-state index in [4.69, 9.17) is 19.9 Å². The highest BCUT2D eigenvalue weighted by molar-refractivity contribution is 6.09. The summed E-state index contributed by atoms with van der Waals surface area (Å²) in [6.07, 6.45) is 0. The van der Waals surface area contributed by atoms with Crippen LogP contribution < -0.4 is 5.56 Å². The van der Waals surface area contributed by atoms with Gasteiger partial charge >= 0.3 is 0 Å². The Bertz CT molecular complexity index is 2600. The number of para-hydroxylation sites is 2. The van der Waals surface area contributed by atoms with E-state index in [0.29, 0.717) is 34.0 Å². The third-order valence-corrected chi connectivity index (χ3v) is 8.36. The van der Waals surface area contributed by atoms with E-state index in [1.165, 1.54) is 0 Å². The monoisotopic (exact) mass is 592 g/mol.